The Morgan fingerprint density at radius 3 is 2.31 bits per heavy atom. The number of benzene rings is 1. The molecule has 142 valence electrons. The summed E-state index contributed by atoms with van der Waals surface area (Å²) >= 11 is 0.284. The molecule has 2 aliphatic rings. The van der Waals surface area contributed by atoms with Gasteiger partial charge in [0.05, 0.1) is 0 Å². The first-order chi connectivity index (χ1) is 12.3. The molecule has 0 spiro atoms. The fraction of sp³-hybridized carbons (Fsp3) is 0.619. The SMILES string of the molecule is CC(=O)C1CCC([Se]c2ccccc2)[C@@H]2CC[C@H]1N2C(=O)OC(C)(C)C. The number of nitrogens with zero attached hydrogens (tertiary/aromatic N) is 1. The summed E-state index contributed by atoms with van der Waals surface area (Å²) in [5, 5.41) is 0. The number of fused-ring (bicyclic) bond motifs is 2. The Hall–Kier alpha value is -1.32. The van der Waals surface area contributed by atoms with Crippen LogP contribution in [0.1, 0.15) is 53.4 Å². The van der Waals surface area contributed by atoms with E-state index < -0.39 is 5.60 Å². The van der Waals surface area contributed by atoms with Crippen molar-refractivity contribution in [2.75, 3.05) is 0 Å². The van der Waals surface area contributed by atoms with Crippen LogP contribution in [0, 0.1) is 5.92 Å². The fourth-order valence-electron chi connectivity index (χ4n) is 4.23. The maximum absolute atomic E-state index is 13.0. The second-order valence-electron chi connectivity index (χ2n) is 8.36. The Labute approximate surface area is 162 Å². The molecule has 2 bridgehead atoms. The molecular weight excluding hydrogens is 393 g/mol. The number of ether oxygens (including phenoxy) is 1. The van der Waals surface area contributed by atoms with Crippen LogP contribution in [0.25, 0.3) is 0 Å². The molecule has 4 nitrogen and oxygen atoms in total. The molecule has 0 N–H and O–H groups in total. The van der Waals surface area contributed by atoms with Crippen LogP contribution in [0.5, 0.6) is 0 Å². The summed E-state index contributed by atoms with van der Waals surface area (Å²) in [5.74, 6) is 0.154. The molecule has 0 aromatic heterocycles. The molecule has 0 radical (unpaired) electrons. The van der Waals surface area contributed by atoms with Crippen LogP contribution in [0.3, 0.4) is 0 Å². The molecule has 26 heavy (non-hydrogen) atoms. The Morgan fingerprint density at radius 1 is 1.04 bits per heavy atom. The predicted octanol–water partition coefficient (Wildman–Crippen LogP) is 3.57. The van der Waals surface area contributed by atoms with Gasteiger partial charge in [0.15, 0.2) is 0 Å². The Balaban J connectivity index is 1.87. The second kappa shape index (κ2) is 7.74. The third-order valence-corrected chi connectivity index (χ3v) is 8.22. The number of carbonyl (C=O) groups is 2. The van der Waals surface area contributed by atoms with Crippen LogP contribution in [0.15, 0.2) is 30.3 Å². The molecule has 0 aliphatic carbocycles. The van der Waals surface area contributed by atoms with Crippen molar-refractivity contribution in [1.29, 1.82) is 0 Å². The summed E-state index contributed by atoms with van der Waals surface area (Å²) < 4.78 is 7.08. The van der Waals surface area contributed by atoms with Gasteiger partial charge < -0.3 is 0 Å². The van der Waals surface area contributed by atoms with Crippen molar-refractivity contribution in [3.63, 3.8) is 0 Å². The molecule has 2 unspecified atom stereocenters. The average molecular weight is 422 g/mol. The summed E-state index contributed by atoms with van der Waals surface area (Å²) in [6.07, 6.45) is 3.55. The van der Waals surface area contributed by atoms with E-state index in [1.54, 1.807) is 6.92 Å². The van der Waals surface area contributed by atoms with Gasteiger partial charge in [0.1, 0.15) is 0 Å². The van der Waals surface area contributed by atoms with Crippen LogP contribution in [0.2, 0.25) is 4.82 Å². The fourth-order valence-corrected chi connectivity index (χ4v) is 7.04. The van der Waals surface area contributed by atoms with E-state index in [9.17, 15) is 9.59 Å². The van der Waals surface area contributed by atoms with Crippen molar-refractivity contribution >= 4 is 31.3 Å². The minimum absolute atomic E-state index is 0.00363. The van der Waals surface area contributed by atoms with Gasteiger partial charge in [-0.05, 0) is 0 Å². The normalized spacial score (nSPS) is 28.5. The van der Waals surface area contributed by atoms with Crippen LogP contribution in [-0.2, 0) is 9.53 Å². The van der Waals surface area contributed by atoms with Gasteiger partial charge in [0.2, 0.25) is 0 Å². The molecule has 4 atom stereocenters. The van der Waals surface area contributed by atoms with Gasteiger partial charge in [0.25, 0.3) is 0 Å². The van der Waals surface area contributed by atoms with Crippen molar-refractivity contribution in [1.82, 2.24) is 4.90 Å². The van der Waals surface area contributed by atoms with Crippen LogP contribution in [-0.4, -0.2) is 49.4 Å². The van der Waals surface area contributed by atoms with Gasteiger partial charge in [-0.1, -0.05) is 0 Å². The van der Waals surface area contributed by atoms with Gasteiger partial charge in [0, 0.05) is 0 Å². The van der Waals surface area contributed by atoms with Crippen molar-refractivity contribution < 1.29 is 14.3 Å². The number of ketones is 1. The standard InChI is InChI=1S/C21H29NO3Se/c1-14(23)16-10-13-19(26-15-8-6-5-7-9-15)18-12-11-17(16)22(18)20(24)25-21(2,3)4/h5-9,16-19H,10-13H2,1-4H3/t16?,17-,18+,19?/m1/s1. The van der Waals surface area contributed by atoms with Crippen molar-refractivity contribution in [3.05, 3.63) is 30.3 Å². The van der Waals surface area contributed by atoms with E-state index in [4.69, 9.17) is 4.74 Å². The summed E-state index contributed by atoms with van der Waals surface area (Å²) in [6.45, 7) is 7.38. The number of Topliss-reactive ketones (excluding diaryl/α,β-unsaturated/α-hetero) is 1. The van der Waals surface area contributed by atoms with Crippen LogP contribution >= 0.6 is 0 Å². The van der Waals surface area contributed by atoms with E-state index in [2.05, 4.69) is 24.3 Å². The predicted molar refractivity (Wildman–Crippen MR) is 104 cm³/mol. The first-order valence-electron chi connectivity index (χ1n) is 9.50. The molecule has 2 heterocycles. The first-order valence-corrected chi connectivity index (χ1v) is 11.3. The third kappa shape index (κ3) is 4.32. The molecule has 5 heteroatoms. The van der Waals surface area contributed by atoms with Crippen molar-refractivity contribution in [3.8, 4) is 0 Å². The van der Waals surface area contributed by atoms with Gasteiger partial charge >= 0.3 is 163 Å². The number of carbonyl (C=O) groups excluding carboxylic acids is 2. The molecular formula is C21H29NO3Se. The molecule has 2 fully saturated rings. The molecule has 1 amide bonds. The van der Waals surface area contributed by atoms with E-state index in [1.165, 1.54) is 4.46 Å². The zero-order valence-electron chi connectivity index (χ0n) is 16.1. The first kappa shape index (κ1) is 19.4. The number of rotatable bonds is 3. The number of amides is 1. The summed E-state index contributed by atoms with van der Waals surface area (Å²) in [5.41, 5.74) is -0.519. The summed E-state index contributed by atoms with van der Waals surface area (Å²) in [4.78, 5) is 27.7. The van der Waals surface area contributed by atoms with E-state index in [0.29, 0.717) is 4.82 Å². The maximum atomic E-state index is 13.0. The van der Waals surface area contributed by atoms with Crippen molar-refractivity contribution in [2.45, 2.75) is 75.9 Å². The molecule has 0 saturated carbocycles. The Kier molecular flexibility index (Phi) is 5.78. The van der Waals surface area contributed by atoms with Crippen LogP contribution < -0.4 is 4.46 Å². The van der Waals surface area contributed by atoms with E-state index in [1.807, 2.05) is 31.7 Å². The zero-order chi connectivity index (χ0) is 18.9. The average Bonchev–Trinajstić information content (AvgIpc) is 2.90. The zero-order valence-corrected chi connectivity index (χ0v) is 17.8. The third-order valence-electron chi connectivity index (χ3n) is 5.29. The molecule has 2 aliphatic heterocycles. The van der Waals surface area contributed by atoms with Gasteiger partial charge in [-0.3, -0.25) is 0 Å². The monoisotopic (exact) mass is 423 g/mol. The van der Waals surface area contributed by atoms with E-state index in [-0.39, 0.29) is 44.8 Å². The molecule has 1 aromatic rings. The van der Waals surface area contributed by atoms with Gasteiger partial charge in [-0.15, -0.1) is 0 Å². The molecule has 3 rings (SSSR count). The van der Waals surface area contributed by atoms with E-state index >= 15 is 0 Å². The van der Waals surface area contributed by atoms with E-state index in [0.717, 1.165) is 25.7 Å². The Bertz CT molecular complexity index is 655. The second-order valence-corrected chi connectivity index (χ2v) is 11.1. The number of hydrogen-bond donors (Lipinski definition) is 0. The van der Waals surface area contributed by atoms with Gasteiger partial charge in [-0.2, -0.15) is 0 Å². The molecule has 2 saturated heterocycles. The number of hydrogen-bond acceptors (Lipinski definition) is 3. The van der Waals surface area contributed by atoms with Crippen molar-refractivity contribution in [2.24, 2.45) is 5.92 Å². The summed E-state index contributed by atoms with van der Waals surface area (Å²) in [7, 11) is 0. The summed E-state index contributed by atoms with van der Waals surface area (Å²) in [6, 6.07) is 10.7. The van der Waals surface area contributed by atoms with Gasteiger partial charge in [-0.25, -0.2) is 0 Å². The Morgan fingerprint density at radius 2 is 1.69 bits per heavy atom. The minimum atomic E-state index is -0.519. The topological polar surface area (TPSA) is 46.6 Å². The quantitative estimate of drug-likeness (QED) is 0.700. The van der Waals surface area contributed by atoms with Crippen LogP contribution in [0.4, 0.5) is 4.79 Å². The molecule has 1 aromatic carbocycles.